The standard InChI is InChI=1S/C25H25FN6O/c1-3-31(4-2)15-17-6-5-7-22(29-17)30-20-9-8-18(19-13-28-25(33)24(19)20)21-14-27-23-12-16(26)10-11-32(21)23/h5-12,14H,3-4,13,15H2,1-2H3,(H,28,33)(H,29,30). The number of carbonyl (C=O) groups is 1. The van der Waals surface area contributed by atoms with E-state index in [4.69, 9.17) is 4.98 Å². The van der Waals surface area contributed by atoms with E-state index < -0.39 is 0 Å². The number of hydrogen-bond acceptors (Lipinski definition) is 5. The average molecular weight is 445 g/mol. The SMILES string of the molecule is CCN(CC)Cc1cccc(Nc2ccc(-c3cnc4cc(F)ccn34)c3c2C(=O)NC3)n1. The Kier molecular flexibility index (Phi) is 5.51. The molecule has 33 heavy (non-hydrogen) atoms. The zero-order valence-electron chi connectivity index (χ0n) is 18.6. The number of nitrogens with one attached hydrogen (secondary N) is 2. The molecule has 0 fully saturated rings. The van der Waals surface area contributed by atoms with Crippen LogP contribution in [0.5, 0.6) is 0 Å². The number of anilines is 2. The van der Waals surface area contributed by atoms with Gasteiger partial charge >= 0.3 is 0 Å². The van der Waals surface area contributed by atoms with Gasteiger partial charge in [0, 0.05) is 30.9 Å². The van der Waals surface area contributed by atoms with Crippen LogP contribution in [0.15, 0.2) is 54.9 Å². The quantitative estimate of drug-likeness (QED) is 0.443. The predicted octanol–water partition coefficient (Wildman–Crippen LogP) is 4.36. The number of imidazole rings is 1. The summed E-state index contributed by atoms with van der Waals surface area (Å²) in [6.07, 6.45) is 3.36. The molecule has 1 aromatic carbocycles. The Morgan fingerprint density at radius 3 is 2.85 bits per heavy atom. The molecule has 1 aliphatic heterocycles. The third kappa shape index (κ3) is 3.93. The van der Waals surface area contributed by atoms with Crippen LogP contribution in [-0.4, -0.2) is 38.3 Å². The van der Waals surface area contributed by atoms with Crippen molar-refractivity contribution in [3.63, 3.8) is 0 Å². The number of nitrogens with zero attached hydrogens (tertiary/aromatic N) is 4. The minimum Gasteiger partial charge on any atom is -0.348 e. The lowest BCUT2D eigenvalue weighted by Crippen LogP contribution is -2.22. The van der Waals surface area contributed by atoms with Crippen LogP contribution < -0.4 is 10.6 Å². The molecular formula is C25H25FN6O. The van der Waals surface area contributed by atoms with E-state index in [-0.39, 0.29) is 11.7 Å². The second-order valence-electron chi connectivity index (χ2n) is 8.01. The van der Waals surface area contributed by atoms with E-state index in [1.54, 1.807) is 12.4 Å². The number of fused-ring (bicyclic) bond motifs is 2. The first-order valence-corrected chi connectivity index (χ1v) is 11.1. The first-order chi connectivity index (χ1) is 16.1. The highest BCUT2D eigenvalue weighted by molar-refractivity contribution is 6.06. The number of carbonyl (C=O) groups excluding carboxylic acids is 1. The van der Waals surface area contributed by atoms with Crippen molar-refractivity contribution in [3.05, 3.63) is 77.5 Å². The Balaban J connectivity index is 1.51. The monoisotopic (exact) mass is 444 g/mol. The summed E-state index contributed by atoms with van der Waals surface area (Å²) < 4.78 is 15.4. The maximum absolute atomic E-state index is 13.6. The number of amides is 1. The molecule has 0 saturated heterocycles. The average Bonchev–Trinajstić information content (AvgIpc) is 3.42. The van der Waals surface area contributed by atoms with Crippen LogP contribution in [0.2, 0.25) is 0 Å². The minimum atomic E-state index is -0.336. The highest BCUT2D eigenvalue weighted by Gasteiger charge is 2.27. The predicted molar refractivity (Wildman–Crippen MR) is 126 cm³/mol. The molecule has 5 rings (SSSR count). The maximum Gasteiger partial charge on any atom is 0.254 e. The molecule has 0 aliphatic carbocycles. The number of hydrogen-bond donors (Lipinski definition) is 2. The van der Waals surface area contributed by atoms with Gasteiger partial charge in [0.05, 0.1) is 28.8 Å². The van der Waals surface area contributed by atoms with Crippen molar-refractivity contribution in [2.45, 2.75) is 26.9 Å². The lowest BCUT2D eigenvalue weighted by atomic mass is 9.99. The van der Waals surface area contributed by atoms with Crippen molar-refractivity contribution in [1.29, 1.82) is 0 Å². The van der Waals surface area contributed by atoms with Crippen LogP contribution in [0.4, 0.5) is 15.9 Å². The van der Waals surface area contributed by atoms with Crippen LogP contribution in [0.25, 0.3) is 16.9 Å². The van der Waals surface area contributed by atoms with Gasteiger partial charge in [-0.15, -0.1) is 0 Å². The molecule has 0 radical (unpaired) electrons. The van der Waals surface area contributed by atoms with E-state index >= 15 is 0 Å². The van der Waals surface area contributed by atoms with Gasteiger partial charge in [-0.3, -0.25) is 14.1 Å². The van der Waals surface area contributed by atoms with E-state index in [0.717, 1.165) is 42.1 Å². The molecule has 168 valence electrons. The summed E-state index contributed by atoms with van der Waals surface area (Å²) in [6.45, 7) is 7.38. The molecule has 4 heterocycles. The molecule has 0 spiro atoms. The lowest BCUT2D eigenvalue weighted by Gasteiger charge is -2.18. The van der Waals surface area contributed by atoms with E-state index in [0.29, 0.717) is 29.3 Å². The first kappa shape index (κ1) is 21.1. The van der Waals surface area contributed by atoms with Gasteiger partial charge in [0.2, 0.25) is 0 Å². The van der Waals surface area contributed by atoms with E-state index in [2.05, 4.69) is 34.4 Å². The van der Waals surface area contributed by atoms with Crippen molar-refractivity contribution in [1.82, 2.24) is 24.6 Å². The summed E-state index contributed by atoms with van der Waals surface area (Å²) in [7, 11) is 0. The largest absolute Gasteiger partial charge is 0.348 e. The van der Waals surface area contributed by atoms with Gasteiger partial charge in [-0.2, -0.15) is 0 Å². The number of rotatable bonds is 7. The molecule has 1 aliphatic rings. The Hall–Kier alpha value is -3.78. The van der Waals surface area contributed by atoms with E-state index in [1.165, 1.54) is 12.1 Å². The second kappa shape index (κ2) is 8.63. The molecule has 7 nitrogen and oxygen atoms in total. The number of halogens is 1. The van der Waals surface area contributed by atoms with Crippen molar-refractivity contribution in [2.75, 3.05) is 18.4 Å². The molecule has 0 saturated carbocycles. The van der Waals surface area contributed by atoms with Gasteiger partial charge in [-0.1, -0.05) is 26.0 Å². The van der Waals surface area contributed by atoms with Crippen LogP contribution in [0.3, 0.4) is 0 Å². The summed E-state index contributed by atoms with van der Waals surface area (Å²) in [5.74, 6) is 0.227. The highest BCUT2D eigenvalue weighted by Crippen LogP contribution is 2.35. The zero-order chi connectivity index (χ0) is 22.9. The van der Waals surface area contributed by atoms with Crippen LogP contribution >= 0.6 is 0 Å². The summed E-state index contributed by atoms with van der Waals surface area (Å²) >= 11 is 0. The van der Waals surface area contributed by atoms with Crippen molar-refractivity contribution < 1.29 is 9.18 Å². The fourth-order valence-electron chi connectivity index (χ4n) is 4.30. The molecule has 0 atom stereocenters. The third-order valence-electron chi connectivity index (χ3n) is 6.07. The summed E-state index contributed by atoms with van der Waals surface area (Å²) in [5.41, 5.74) is 5.37. The highest BCUT2D eigenvalue weighted by atomic mass is 19.1. The smallest absolute Gasteiger partial charge is 0.254 e. The second-order valence-corrected chi connectivity index (χ2v) is 8.01. The van der Waals surface area contributed by atoms with Crippen molar-refractivity contribution in [2.24, 2.45) is 0 Å². The summed E-state index contributed by atoms with van der Waals surface area (Å²) in [4.78, 5) is 24.1. The molecule has 1 amide bonds. The molecule has 0 unspecified atom stereocenters. The Bertz CT molecular complexity index is 1340. The molecule has 4 aromatic rings. The fourth-order valence-corrected chi connectivity index (χ4v) is 4.30. The van der Waals surface area contributed by atoms with Crippen LogP contribution in [0, 0.1) is 5.82 Å². The third-order valence-corrected chi connectivity index (χ3v) is 6.07. The molecule has 3 aromatic heterocycles. The maximum atomic E-state index is 13.6. The minimum absolute atomic E-state index is 0.131. The van der Waals surface area contributed by atoms with Gasteiger partial charge in [0.15, 0.2) is 0 Å². The number of pyridine rings is 2. The van der Waals surface area contributed by atoms with Gasteiger partial charge in [-0.25, -0.2) is 14.4 Å². The van der Waals surface area contributed by atoms with Crippen LogP contribution in [-0.2, 0) is 13.1 Å². The Morgan fingerprint density at radius 2 is 2.03 bits per heavy atom. The van der Waals surface area contributed by atoms with Gasteiger partial charge in [0.1, 0.15) is 17.3 Å². The van der Waals surface area contributed by atoms with E-state index in [1.807, 2.05) is 34.7 Å². The van der Waals surface area contributed by atoms with Crippen molar-refractivity contribution in [3.8, 4) is 11.3 Å². The number of benzene rings is 1. The molecule has 0 bridgehead atoms. The Morgan fingerprint density at radius 1 is 1.18 bits per heavy atom. The van der Waals surface area contributed by atoms with Gasteiger partial charge in [0.25, 0.3) is 5.91 Å². The van der Waals surface area contributed by atoms with Crippen LogP contribution in [0.1, 0.15) is 35.5 Å². The van der Waals surface area contributed by atoms with Crippen molar-refractivity contribution >= 4 is 23.1 Å². The van der Waals surface area contributed by atoms with E-state index in [9.17, 15) is 9.18 Å². The summed E-state index contributed by atoms with van der Waals surface area (Å²) in [5, 5.41) is 6.27. The first-order valence-electron chi connectivity index (χ1n) is 11.1. The molecule has 2 N–H and O–H groups in total. The normalized spacial score (nSPS) is 12.9. The van der Waals surface area contributed by atoms with Gasteiger partial charge < -0.3 is 10.6 Å². The molecule has 8 heteroatoms. The lowest BCUT2D eigenvalue weighted by molar-refractivity contribution is 0.0966. The van der Waals surface area contributed by atoms with Gasteiger partial charge in [-0.05, 0) is 42.9 Å². The molecular weight excluding hydrogens is 419 g/mol. The zero-order valence-corrected chi connectivity index (χ0v) is 18.6. The fraction of sp³-hybridized carbons (Fsp3) is 0.240. The topological polar surface area (TPSA) is 74.6 Å². The number of aromatic nitrogens is 3. The Labute approximate surface area is 191 Å². The summed E-state index contributed by atoms with van der Waals surface area (Å²) in [6, 6.07) is 12.5.